The van der Waals surface area contributed by atoms with Gasteiger partial charge in [0.15, 0.2) is 11.0 Å². The van der Waals surface area contributed by atoms with E-state index in [0.29, 0.717) is 5.02 Å². The average molecular weight is 393 g/mol. The van der Waals surface area contributed by atoms with Gasteiger partial charge in [0.05, 0.1) is 5.25 Å². The molecule has 0 radical (unpaired) electrons. The number of benzene rings is 1. The van der Waals surface area contributed by atoms with Crippen LogP contribution in [0.5, 0.6) is 0 Å². The van der Waals surface area contributed by atoms with Crippen LogP contribution in [-0.4, -0.2) is 43.9 Å². The fourth-order valence-corrected chi connectivity index (χ4v) is 4.35. The minimum atomic E-state index is -0.166. The number of nitrogens with zero attached hydrogens (tertiary/aromatic N) is 4. The van der Waals surface area contributed by atoms with Crippen molar-refractivity contribution in [1.29, 1.82) is 0 Å². The Kier molecular flexibility index (Phi) is 6.59. The lowest BCUT2D eigenvalue weighted by atomic mass is 10.2. The number of likely N-dealkylation sites (tertiary alicyclic amines) is 1. The van der Waals surface area contributed by atoms with Gasteiger partial charge in [0.25, 0.3) is 0 Å². The van der Waals surface area contributed by atoms with Crippen molar-refractivity contribution in [2.24, 2.45) is 0 Å². The van der Waals surface area contributed by atoms with Crippen LogP contribution in [0.25, 0.3) is 11.4 Å². The topological polar surface area (TPSA) is 51.0 Å². The third-order valence-electron chi connectivity index (χ3n) is 4.68. The zero-order valence-corrected chi connectivity index (χ0v) is 16.9. The number of thioether (sulfide) groups is 1. The van der Waals surface area contributed by atoms with Gasteiger partial charge >= 0.3 is 0 Å². The van der Waals surface area contributed by atoms with Crippen molar-refractivity contribution in [3.63, 3.8) is 0 Å². The first-order valence-electron chi connectivity index (χ1n) is 9.24. The van der Waals surface area contributed by atoms with Crippen LogP contribution in [0.15, 0.2) is 29.4 Å². The number of halogens is 1. The summed E-state index contributed by atoms with van der Waals surface area (Å²) >= 11 is 7.47. The molecule has 2 heterocycles. The molecule has 7 heteroatoms. The van der Waals surface area contributed by atoms with E-state index in [9.17, 15) is 4.79 Å². The number of carbonyl (C=O) groups excluding carboxylic acids is 1. The number of hydrogen-bond donors (Lipinski definition) is 0. The van der Waals surface area contributed by atoms with E-state index < -0.39 is 0 Å². The number of rotatable bonds is 5. The summed E-state index contributed by atoms with van der Waals surface area (Å²) in [5, 5.41) is 10.0. The van der Waals surface area contributed by atoms with Crippen molar-refractivity contribution in [3.05, 3.63) is 29.3 Å². The number of aromatic nitrogens is 3. The van der Waals surface area contributed by atoms with Gasteiger partial charge in [0.1, 0.15) is 0 Å². The van der Waals surface area contributed by atoms with Gasteiger partial charge in [-0.15, -0.1) is 10.2 Å². The van der Waals surface area contributed by atoms with E-state index >= 15 is 0 Å². The third kappa shape index (κ3) is 4.41. The summed E-state index contributed by atoms with van der Waals surface area (Å²) in [5.41, 5.74) is 0.974. The Balaban J connectivity index is 1.74. The van der Waals surface area contributed by atoms with Crippen molar-refractivity contribution in [2.45, 2.75) is 56.5 Å². The SMILES string of the molecule is CCn1c(S[C@@H](C)C(=O)N2CCCCCC2)nnc1-c1ccc(Cl)cc1. The molecule has 1 amide bonds. The van der Waals surface area contributed by atoms with Crippen LogP contribution in [0.1, 0.15) is 39.5 Å². The molecule has 26 heavy (non-hydrogen) atoms. The summed E-state index contributed by atoms with van der Waals surface area (Å²) in [5.74, 6) is 1.01. The molecule has 0 aliphatic carbocycles. The Labute approximate surface area is 164 Å². The van der Waals surface area contributed by atoms with E-state index in [1.54, 1.807) is 0 Å². The molecule has 1 aliphatic rings. The van der Waals surface area contributed by atoms with E-state index in [4.69, 9.17) is 11.6 Å². The normalized spacial score (nSPS) is 16.3. The van der Waals surface area contributed by atoms with Crippen LogP contribution in [0, 0.1) is 0 Å². The van der Waals surface area contributed by atoms with Crippen LogP contribution in [0.2, 0.25) is 5.02 Å². The highest BCUT2D eigenvalue weighted by Gasteiger charge is 2.25. The van der Waals surface area contributed by atoms with Crippen LogP contribution in [0.4, 0.5) is 0 Å². The molecule has 140 valence electrons. The molecule has 1 fully saturated rings. The summed E-state index contributed by atoms with van der Waals surface area (Å²) in [6.45, 7) is 6.53. The lowest BCUT2D eigenvalue weighted by Gasteiger charge is -2.23. The van der Waals surface area contributed by atoms with E-state index in [1.165, 1.54) is 24.6 Å². The lowest BCUT2D eigenvalue weighted by Crippen LogP contribution is -2.37. The van der Waals surface area contributed by atoms with Gasteiger partial charge in [0, 0.05) is 30.2 Å². The van der Waals surface area contributed by atoms with Crippen LogP contribution >= 0.6 is 23.4 Å². The lowest BCUT2D eigenvalue weighted by molar-refractivity contribution is -0.130. The van der Waals surface area contributed by atoms with Gasteiger partial charge in [-0.1, -0.05) is 36.2 Å². The third-order valence-corrected chi connectivity index (χ3v) is 6.00. The molecule has 2 aromatic rings. The second-order valence-electron chi connectivity index (χ2n) is 6.56. The maximum absolute atomic E-state index is 12.8. The summed E-state index contributed by atoms with van der Waals surface area (Å²) in [7, 11) is 0. The molecule has 5 nitrogen and oxygen atoms in total. The zero-order valence-electron chi connectivity index (χ0n) is 15.3. The van der Waals surface area contributed by atoms with E-state index in [0.717, 1.165) is 49.0 Å². The first-order chi connectivity index (χ1) is 12.6. The highest BCUT2D eigenvalue weighted by atomic mass is 35.5. The van der Waals surface area contributed by atoms with E-state index in [-0.39, 0.29) is 11.2 Å². The predicted molar refractivity (Wildman–Crippen MR) is 107 cm³/mol. The Morgan fingerprint density at radius 1 is 1.15 bits per heavy atom. The maximum Gasteiger partial charge on any atom is 0.235 e. The summed E-state index contributed by atoms with van der Waals surface area (Å²) in [6, 6.07) is 7.59. The minimum absolute atomic E-state index is 0.166. The fraction of sp³-hybridized carbons (Fsp3) is 0.526. The van der Waals surface area contributed by atoms with Gasteiger partial charge < -0.3 is 9.47 Å². The molecule has 0 spiro atoms. The van der Waals surface area contributed by atoms with Crippen LogP contribution in [0.3, 0.4) is 0 Å². The Morgan fingerprint density at radius 2 is 1.81 bits per heavy atom. The Hall–Kier alpha value is -1.53. The van der Waals surface area contributed by atoms with Gasteiger partial charge in [-0.3, -0.25) is 4.79 Å². The van der Waals surface area contributed by atoms with Crippen molar-refractivity contribution in [1.82, 2.24) is 19.7 Å². The monoisotopic (exact) mass is 392 g/mol. The largest absolute Gasteiger partial charge is 0.342 e. The van der Waals surface area contributed by atoms with Gasteiger partial charge in [0.2, 0.25) is 5.91 Å². The molecule has 1 aliphatic heterocycles. The molecular formula is C19H25ClN4OS. The molecule has 1 saturated heterocycles. The van der Waals surface area contributed by atoms with E-state index in [2.05, 4.69) is 21.7 Å². The quantitative estimate of drug-likeness (QED) is 0.703. The van der Waals surface area contributed by atoms with Gasteiger partial charge in [-0.25, -0.2) is 0 Å². The zero-order chi connectivity index (χ0) is 18.5. The van der Waals surface area contributed by atoms with Crippen LogP contribution in [-0.2, 0) is 11.3 Å². The highest BCUT2D eigenvalue weighted by Crippen LogP contribution is 2.28. The van der Waals surface area contributed by atoms with Crippen molar-refractivity contribution >= 4 is 29.3 Å². The van der Waals surface area contributed by atoms with E-state index in [1.807, 2.05) is 36.1 Å². The highest BCUT2D eigenvalue weighted by molar-refractivity contribution is 8.00. The standard InChI is InChI=1S/C19H25ClN4OS/c1-3-24-17(15-8-10-16(20)11-9-15)21-22-19(24)26-14(2)18(25)23-12-6-4-5-7-13-23/h8-11,14H,3-7,12-13H2,1-2H3/t14-/m0/s1. The summed E-state index contributed by atoms with van der Waals surface area (Å²) in [4.78, 5) is 14.8. The molecule has 0 bridgehead atoms. The number of hydrogen-bond acceptors (Lipinski definition) is 4. The van der Waals surface area contributed by atoms with Crippen molar-refractivity contribution < 1.29 is 4.79 Å². The van der Waals surface area contributed by atoms with Crippen LogP contribution < -0.4 is 0 Å². The number of amides is 1. The minimum Gasteiger partial charge on any atom is -0.342 e. The second kappa shape index (κ2) is 8.91. The molecule has 3 rings (SSSR count). The molecule has 0 saturated carbocycles. The number of carbonyl (C=O) groups is 1. The predicted octanol–water partition coefficient (Wildman–Crippen LogP) is 4.50. The average Bonchev–Trinajstić information content (AvgIpc) is 2.86. The molecule has 0 unspecified atom stereocenters. The maximum atomic E-state index is 12.8. The molecular weight excluding hydrogens is 368 g/mol. The van der Waals surface area contributed by atoms with Crippen molar-refractivity contribution in [2.75, 3.05) is 13.1 Å². The fourth-order valence-electron chi connectivity index (χ4n) is 3.23. The first-order valence-corrected chi connectivity index (χ1v) is 10.5. The molecule has 1 aromatic carbocycles. The first kappa shape index (κ1) is 19.2. The summed E-state index contributed by atoms with van der Waals surface area (Å²) in [6.07, 6.45) is 4.66. The Bertz CT molecular complexity index is 738. The second-order valence-corrected chi connectivity index (χ2v) is 8.30. The smallest absolute Gasteiger partial charge is 0.235 e. The summed E-state index contributed by atoms with van der Waals surface area (Å²) < 4.78 is 2.06. The molecule has 1 aromatic heterocycles. The molecule has 1 atom stereocenters. The van der Waals surface area contributed by atoms with Gasteiger partial charge in [-0.05, 0) is 51.0 Å². The van der Waals surface area contributed by atoms with Crippen molar-refractivity contribution in [3.8, 4) is 11.4 Å². The Morgan fingerprint density at radius 3 is 2.42 bits per heavy atom. The molecule has 0 N–H and O–H groups in total. The van der Waals surface area contributed by atoms with Gasteiger partial charge in [-0.2, -0.15) is 0 Å².